The number of aliphatic hydroxyl groups is 1. The number of nitrogens with one attached hydrogen (secondary N) is 2. The monoisotopic (exact) mass is 455 g/mol. The molecule has 1 aliphatic rings. The summed E-state index contributed by atoms with van der Waals surface area (Å²) in [4.78, 5) is 28.6. The Hall–Kier alpha value is -3.63. The fourth-order valence-electron chi connectivity index (χ4n) is 2.88. The third-order valence-corrected chi connectivity index (χ3v) is 5.28. The van der Waals surface area contributed by atoms with Crippen molar-refractivity contribution in [2.24, 2.45) is 0 Å². The number of amides is 2. The summed E-state index contributed by atoms with van der Waals surface area (Å²) >= 11 is 1.24. The average Bonchev–Trinajstić information content (AvgIpc) is 3.45. The molecule has 0 bridgehead atoms. The maximum atomic E-state index is 12.2. The molecule has 1 aromatic heterocycles. The molecule has 0 aliphatic carbocycles. The highest BCUT2D eigenvalue weighted by atomic mass is 32.1. The second kappa shape index (κ2) is 10.1. The van der Waals surface area contributed by atoms with Crippen LogP contribution in [0.5, 0.6) is 17.2 Å². The van der Waals surface area contributed by atoms with Gasteiger partial charge in [0.15, 0.2) is 16.6 Å². The van der Waals surface area contributed by atoms with Crippen molar-refractivity contribution in [2.75, 3.05) is 25.3 Å². The van der Waals surface area contributed by atoms with Crippen LogP contribution in [0, 0.1) is 0 Å². The highest BCUT2D eigenvalue weighted by molar-refractivity contribution is 7.14. The van der Waals surface area contributed by atoms with Crippen LogP contribution >= 0.6 is 11.3 Å². The molecule has 0 radical (unpaired) electrons. The highest BCUT2D eigenvalue weighted by Gasteiger charge is 2.15. The lowest BCUT2D eigenvalue weighted by Crippen LogP contribution is -2.36. The van der Waals surface area contributed by atoms with Gasteiger partial charge >= 0.3 is 0 Å². The molecule has 0 saturated heterocycles. The second-order valence-corrected chi connectivity index (χ2v) is 7.78. The van der Waals surface area contributed by atoms with Gasteiger partial charge in [-0.2, -0.15) is 0 Å². The molecular formula is C22H21N3O6S. The molecular weight excluding hydrogens is 434 g/mol. The van der Waals surface area contributed by atoms with Crippen LogP contribution in [0.25, 0.3) is 0 Å². The van der Waals surface area contributed by atoms with Crippen LogP contribution in [0.1, 0.15) is 16.1 Å². The molecule has 0 fully saturated rings. The number of anilines is 1. The number of benzene rings is 2. The molecule has 0 spiro atoms. The molecule has 1 aliphatic heterocycles. The zero-order valence-electron chi connectivity index (χ0n) is 16.9. The van der Waals surface area contributed by atoms with Gasteiger partial charge in [0, 0.05) is 23.6 Å². The van der Waals surface area contributed by atoms with E-state index in [1.165, 1.54) is 11.3 Å². The topological polar surface area (TPSA) is 119 Å². The van der Waals surface area contributed by atoms with E-state index in [1.54, 1.807) is 47.8 Å². The van der Waals surface area contributed by atoms with Gasteiger partial charge in [-0.05, 0) is 24.3 Å². The van der Waals surface area contributed by atoms with E-state index in [1.807, 2.05) is 6.07 Å². The third-order valence-electron chi connectivity index (χ3n) is 4.47. The van der Waals surface area contributed by atoms with E-state index in [-0.39, 0.29) is 38.2 Å². The lowest BCUT2D eigenvalue weighted by molar-refractivity contribution is -0.121. The van der Waals surface area contributed by atoms with Crippen LogP contribution in [0.3, 0.4) is 0 Å². The number of aromatic nitrogens is 1. The van der Waals surface area contributed by atoms with Gasteiger partial charge in [0.05, 0.1) is 12.1 Å². The summed E-state index contributed by atoms with van der Waals surface area (Å²) in [5.74, 6) is 1.22. The lowest BCUT2D eigenvalue weighted by Gasteiger charge is -2.13. The summed E-state index contributed by atoms with van der Waals surface area (Å²) in [7, 11) is 0. The zero-order chi connectivity index (χ0) is 22.3. The molecule has 166 valence electrons. The Kier molecular flexibility index (Phi) is 6.83. The quantitative estimate of drug-likeness (QED) is 0.453. The van der Waals surface area contributed by atoms with Crippen molar-refractivity contribution in [1.29, 1.82) is 0 Å². The van der Waals surface area contributed by atoms with Gasteiger partial charge in [0.25, 0.3) is 5.91 Å². The average molecular weight is 455 g/mol. The molecule has 32 heavy (non-hydrogen) atoms. The Balaban J connectivity index is 1.18. The van der Waals surface area contributed by atoms with Crippen LogP contribution in [-0.4, -0.2) is 48.0 Å². The number of carbonyl (C=O) groups excluding carboxylic acids is 2. The van der Waals surface area contributed by atoms with Gasteiger partial charge in [-0.1, -0.05) is 18.2 Å². The van der Waals surface area contributed by atoms with E-state index in [0.717, 1.165) is 0 Å². The maximum absolute atomic E-state index is 12.2. The summed E-state index contributed by atoms with van der Waals surface area (Å²) in [6.45, 7) is 0.213. The predicted octanol–water partition coefficient (Wildman–Crippen LogP) is 2.22. The van der Waals surface area contributed by atoms with Crippen LogP contribution in [0.2, 0.25) is 0 Å². The predicted molar refractivity (Wildman–Crippen MR) is 117 cm³/mol. The number of rotatable bonds is 9. The third kappa shape index (κ3) is 5.74. The minimum Gasteiger partial charge on any atom is -0.491 e. The summed E-state index contributed by atoms with van der Waals surface area (Å²) in [5.41, 5.74) is 1.06. The van der Waals surface area contributed by atoms with Crippen molar-refractivity contribution in [3.8, 4) is 17.2 Å². The number of thiazole rings is 1. The zero-order valence-corrected chi connectivity index (χ0v) is 17.8. The van der Waals surface area contributed by atoms with Crippen LogP contribution < -0.4 is 24.8 Å². The van der Waals surface area contributed by atoms with E-state index in [2.05, 4.69) is 15.6 Å². The second-order valence-electron chi connectivity index (χ2n) is 6.92. The van der Waals surface area contributed by atoms with E-state index >= 15 is 0 Å². The molecule has 1 atom stereocenters. The number of fused-ring (bicyclic) bond motifs is 1. The molecule has 2 heterocycles. The largest absolute Gasteiger partial charge is 0.491 e. The first-order chi connectivity index (χ1) is 15.6. The van der Waals surface area contributed by atoms with Crippen molar-refractivity contribution in [3.63, 3.8) is 0 Å². The lowest BCUT2D eigenvalue weighted by atomic mass is 10.2. The normalized spacial score (nSPS) is 12.8. The van der Waals surface area contributed by atoms with E-state index in [4.69, 9.17) is 14.2 Å². The first-order valence-corrected chi connectivity index (χ1v) is 10.7. The van der Waals surface area contributed by atoms with E-state index in [9.17, 15) is 14.7 Å². The molecule has 4 rings (SSSR count). The first-order valence-electron chi connectivity index (χ1n) is 9.85. The van der Waals surface area contributed by atoms with Crippen LogP contribution in [-0.2, 0) is 11.2 Å². The molecule has 2 aromatic carbocycles. The van der Waals surface area contributed by atoms with Crippen molar-refractivity contribution in [3.05, 3.63) is 65.2 Å². The van der Waals surface area contributed by atoms with Gasteiger partial charge in [-0.3, -0.25) is 14.9 Å². The SMILES string of the molecule is O=C(Cc1csc(NC(=O)c2ccccc2)n1)NCC(O)COc1ccc2c(c1)OCO2. The Morgan fingerprint density at radius 2 is 1.97 bits per heavy atom. The number of ether oxygens (including phenoxy) is 3. The number of hydrogen-bond acceptors (Lipinski definition) is 8. The number of carbonyl (C=O) groups is 2. The van der Waals surface area contributed by atoms with Crippen molar-refractivity contribution in [2.45, 2.75) is 12.5 Å². The Labute approximate surface area is 188 Å². The standard InChI is InChI=1S/C22H21N3O6S/c26-16(11-29-17-6-7-18-19(9-17)31-13-30-18)10-23-20(27)8-15-12-32-22(24-15)25-21(28)14-4-2-1-3-5-14/h1-7,9,12,16,26H,8,10-11,13H2,(H,23,27)(H,24,25,28). The summed E-state index contributed by atoms with van der Waals surface area (Å²) in [6, 6.07) is 13.9. The van der Waals surface area contributed by atoms with E-state index in [0.29, 0.717) is 33.6 Å². The summed E-state index contributed by atoms with van der Waals surface area (Å²) in [6.07, 6.45) is -0.853. The number of hydrogen-bond donors (Lipinski definition) is 3. The summed E-state index contributed by atoms with van der Waals surface area (Å²) < 4.78 is 16.0. The number of nitrogens with zero attached hydrogens (tertiary/aromatic N) is 1. The van der Waals surface area contributed by atoms with E-state index < -0.39 is 6.10 Å². The van der Waals surface area contributed by atoms with Crippen molar-refractivity contribution >= 4 is 28.3 Å². The molecule has 10 heteroatoms. The van der Waals surface area contributed by atoms with Gasteiger partial charge in [-0.25, -0.2) is 4.98 Å². The molecule has 9 nitrogen and oxygen atoms in total. The fraction of sp³-hybridized carbons (Fsp3) is 0.227. The molecule has 2 amide bonds. The molecule has 0 saturated carbocycles. The van der Waals surface area contributed by atoms with Gasteiger partial charge < -0.3 is 24.6 Å². The van der Waals surface area contributed by atoms with Gasteiger partial charge in [0.1, 0.15) is 18.5 Å². The van der Waals surface area contributed by atoms with Crippen molar-refractivity contribution in [1.82, 2.24) is 10.3 Å². The molecule has 3 aromatic rings. The van der Waals surface area contributed by atoms with Gasteiger partial charge in [-0.15, -0.1) is 11.3 Å². The van der Waals surface area contributed by atoms with Crippen LogP contribution in [0.15, 0.2) is 53.9 Å². The molecule has 3 N–H and O–H groups in total. The fourth-order valence-corrected chi connectivity index (χ4v) is 3.59. The van der Waals surface area contributed by atoms with Gasteiger partial charge in [0.2, 0.25) is 12.7 Å². The Morgan fingerprint density at radius 1 is 1.16 bits per heavy atom. The maximum Gasteiger partial charge on any atom is 0.257 e. The van der Waals surface area contributed by atoms with Crippen molar-refractivity contribution < 1.29 is 28.9 Å². The Bertz CT molecular complexity index is 1090. The van der Waals surface area contributed by atoms with Crippen LogP contribution in [0.4, 0.5) is 5.13 Å². The minimum atomic E-state index is -0.888. The Morgan fingerprint density at radius 3 is 2.81 bits per heavy atom. The first kappa shape index (κ1) is 21.6. The summed E-state index contributed by atoms with van der Waals surface area (Å²) in [5, 5.41) is 17.6. The highest BCUT2D eigenvalue weighted by Crippen LogP contribution is 2.35. The number of aliphatic hydroxyl groups excluding tert-OH is 1. The smallest absolute Gasteiger partial charge is 0.257 e. The minimum absolute atomic E-state index is 0.00624. The molecule has 1 unspecified atom stereocenters.